The van der Waals surface area contributed by atoms with Crippen LogP contribution in [0, 0.1) is 0 Å². The van der Waals surface area contributed by atoms with E-state index in [0.717, 1.165) is 0 Å². The fourth-order valence-electron chi connectivity index (χ4n) is 0.541. The summed E-state index contributed by atoms with van der Waals surface area (Å²) in [5, 5.41) is 8.57. The number of rotatable bonds is 3. The number of hydrogen-bond donors (Lipinski definition) is 1. The van der Waals surface area contributed by atoms with Crippen molar-refractivity contribution < 1.29 is 14.6 Å². The van der Waals surface area contributed by atoms with Gasteiger partial charge in [0.2, 0.25) is 0 Å². The molecule has 1 atom stereocenters. The van der Waals surface area contributed by atoms with Gasteiger partial charge in [-0.05, 0) is 0 Å². The maximum atomic E-state index is 10.9. The lowest BCUT2D eigenvalue weighted by atomic mass is 10.3. The van der Waals surface area contributed by atoms with Crippen molar-refractivity contribution >= 4 is 5.91 Å². The van der Waals surface area contributed by atoms with Gasteiger partial charge in [0.15, 0.2) is 6.10 Å². The monoisotopic (exact) mass is 147 g/mol. The summed E-state index contributed by atoms with van der Waals surface area (Å²) >= 11 is 0. The van der Waals surface area contributed by atoms with E-state index in [0.29, 0.717) is 0 Å². The minimum atomic E-state index is -0.713. The van der Waals surface area contributed by atoms with Crippen LogP contribution in [0.3, 0.4) is 0 Å². The number of aliphatic hydroxyl groups excluding tert-OH is 1. The first-order valence-corrected chi connectivity index (χ1v) is 2.98. The van der Waals surface area contributed by atoms with Gasteiger partial charge >= 0.3 is 0 Å². The number of likely N-dealkylation sites (N-methyl/N-ethyl adjacent to an activating group) is 1. The highest BCUT2D eigenvalue weighted by atomic mass is 16.5. The molecule has 1 N–H and O–H groups in total. The number of nitrogens with zero attached hydrogens (tertiary/aromatic N) is 1. The minimum absolute atomic E-state index is 0.218. The van der Waals surface area contributed by atoms with Crippen molar-refractivity contribution in [3.63, 3.8) is 0 Å². The molecule has 4 heteroatoms. The molecule has 0 spiro atoms. The third-order valence-electron chi connectivity index (χ3n) is 1.17. The molecule has 0 saturated heterocycles. The first-order chi connectivity index (χ1) is 4.63. The molecule has 1 amide bonds. The summed E-state index contributed by atoms with van der Waals surface area (Å²) in [4.78, 5) is 12.3. The molecule has 10 heavy (non-hydrogen) atoms. The lowest BCUT2D eigenvalue weighted by Gasteiger charge is -2.16. The molecule has 0 bridgehead atoms. The van der Waals surface area contributed by atoms with E-state index < -0.39 is 6.10 Å². The molecule has 0 aliphatic rings. The van der Waals surface area contributed by atoms with Gasteiger partial charge in [-0.2, -0.15) is 0 Å². The van der Waals surface area contributed by atoms with Crippen molar-refractivity contribution in [3.05, 3.63) is 0 Å². The third-order valence-corrected chi connectivity index (χ3v) is 1.17. The number of aliphatic hydroxyl groups is 1. The molecule has 60 valence electrons. The Balaban J connectivity index is 3.89. The molecular weight excluding hydrogens is 134 g/mol. The van der Waals surface area contributed by atoms with Gasteiger partial charge in [0, 0.05) is 21.2 Å². The second-order valence-corrected chi connectivity index (χ2v) is 2.14. The average molecular weight is 147 g/mol. The van der Waals surface area contributed by atoms with Crippen LogP contribution in [-0.4, -0.2) is 49.8 Å². The van der Waals surface area contributed by atoms with Gasteiger partial charge < -0.3 is 14.7 Å². The Morgan fingerprint density at radius 2 is 2.20 bits per heavy atom. The number of amides is 1. The molecule has 0 aliphatic carbocycles. The molecule has 0 aliphatic heterocycles. The number of hydrogen-bond acceptors (Lipinski definition) is 3. The van der Waals surface area contributed by atoms with Crippen LogP contribution < -0.4 is 0 Å². The topological polar surface area (TPSA) is 49.8 Å². The van der Waals surface area contributed by atoms with E-state index in [1.165, 1.54) is 12.0 Å². The summed E-state index contributed by atoms with van der Waals surface area (Å²) < 4.78 is 4.68. The van der Waals surface area contributed by atoms with E-state index in [4.69, 9.17) is 5.11 Å². The van der Waals surface area contributed by atoms with Gasteiger partial charge in [-0.25, -0.2) is 0 Å². The van der Waals surface area contributed by atoms with Gasteiger partial charge in [-0.1, -0.05) is 0 Å². The number of ether oxygens (including phenoxy) is 1. The van der Waals surface area contributed by atoms with Crippen LogP contribution in [0.4, 0.5) is 0 Å². The van der Waals surface area contributed by atoms with Crippen LogP contribution in [0.2, 0.25) is 0 Å². The summed E-state index contributed by atoms with van der Waals surface area (Å²) in [7, 11) is 4.62. The first kappa shape index (κ1) is 9.39. The van der Waals surface area contributed by atoms with E-state index in [-0.39, 0.29) is 12.5 Å². The maximum Gasteiger partial charge on any atom is 0.253 e. The van der Waals surface area contributed by atoms with Crippen LogP contribution in [-0.2, 0) is 9.53 Å². The molecule has 0 saturated carbocycles. The van der Waals surface area contributed by atoms with Crippen LogP contribution in [0.15, 0.2) is 0 Å². The Bertz CT molecular complexity index is 110. The van der Waals surface area contributed by atoms with Crippen molar-refractivity contribution in [2.75, 3.05) is 27.8 Å². The SMILES string of the molecule is COC(CO)C(=O)N(C)C. The summed E-state index contributed by atoms with van der Waals surface area (Å²) in [5.74, 6) is -0.218. The standard InChI is InChI=1S/C6H13NO3/c1-7(2)6(9)5(4-8)10-3/h5,8H,4H2,1-3H3. The summed E-state index contributed by atoms with van der Waals surface area (Å²) in [5.41, 5.74) is 0. The quantitative estimate of drug-likeness (QED) is 0.561. The van der Waals surface area contributed by atoms with Gasteiger partial charge in [0.1, 0.15) is 0 Å². The Morgan fingerprint density at radius 3 is 2.30 bits per heavy atom. The Labute approximate surface area is 60.4 Å². The molecule has 4 nitrogen and oxygen atoms in total. The predicted octanol–water partition coefficient (Wildman–Crippen LogP) is -0.918. The second-order valence-electron chi connectivity index (χ2n) is 2.14. The molecule has 0 fully saturated rings. The Hall–Kier alpha value is -0.610. The van der Waals surface area contributed by atoms with Crippen LogP contribution in [0.1, 0.15) is 0 Å². The van der Waals surface area contributed by atoms with Gasteiger partial charge in [-0.3, -0.25) is 4.79 Å². The molecule has 0 aromatic carbocycles. The zero-order valence-corrected chi connectivity index (χ0v) is 6.50. The summed E-state index contributed by atoms with van der Waals surface area (Å²) in [6, 6.07) is 0. The van der Waals surface area contributed by atoms with E-state index in [9.17, 15) is 4.79 Å². The normalized spacial score (nSPS) is 12.8. The zero-order chi connectivity index (χ0) is 8.15. The lowest BCUT2D eigenvalue weighted by molar-refractivity contribution is -0.141. The highest BCUT2D eigenvalue weighted by Crippen LogP contribution is 1.92. The smallest absolute Gasteiger partial charge is 0.253 e. The first-order valence-electron chi connectivity index (χ1n) is 2.98. The van der Waals surface area contributed by atoms with Gasteiger partial charge in [0.25, 0.3) is 5.91 Å². The van der Waals surface area contributed by atoms with Crippen LogP contribution in [0.25, 0.3) is 0 Å². The van der Waals surface area contributed by atoms with E-state index in [2.05, 4.69) is 4.74 Å². The predicted molar refractivity (Wildman–Crippen MR) is 36.6 cm³/mol. The molecule has 0 heterocycles. The van der Waals surface area contributed by atoms with Crippen molar-refractivity contribution in [3.8, 4) is 0 Å². The third kappa shape index (κ3) is 2.33. The van der Waals surface area contributed by atoms with Gasteiger partial charge in [-0.15, -0.1) is 0 Å². The molecule has 1 unspecified atom stereocenters. The van der Waals surface area contributed by atoms with E-state index in [1.807, 2.05) is 0 Å². The maximum absolute atomic E-state index is 10.9. The summed E-state index contributed by atoms with van der Waals surface area (Å²) in [6.07, 6.45) is -0.713. The van der Waals surface area contributed by atoms with Crippen LogP contribution in [0.5, 0.6) is 0 Å². The van der Waals surface area contributed by atoms with E-state index >= 15 is 0 Å². The highest BCUT2D eigenvalue weighted by molar-refractivity contribution is 5.80. The fourth-order valence-corrected chi connectivity index (χ4v) is 0.541. The zero-order valence-electron chi connectivity index (χ0n) is 6.50. The number of carbonyl (C=O) groups is 1. The van der Waals surface area contributed by atoms with Crippen molar-refractivity contribution in [1.82, 2.24) is 4.90 Å². The van der Waals surface area contributed by atoms with E-state index in [1.54, 1.807) is 14.1 Å². The van der Waals surface area contributed by atoms with Crippen molar-refractivity contribution in [2.24, 2.45) is 0 Å². The molecule has 0 rings (SSSR count). The van der Waals surface area contributed by atoms with Crippen molar-refractivity contribution in [2.45, 2.75) is 6.10 Å². The minimum Gasteiger partial charge on any atom is -0.393 e. The second kappa shape index (κ2) is 4.24. The van der Waals surface area contributed by atoms with Gasteiger partial charge in [0.05, 0.1) is 6.61 Å². The molecule has 0 radical (unpaired) electrons. The molecule has 0 aromatic rings. The van der Waals surface area contributed by atoms with Crippen molar-refractivity contribution in [1.29, 1.82) is 0 Å². The molecule has 0 aromatic heterocycles. The fraction of sp³-hybridized carbons (Fsp3) is 0.833. The number of methoxy groups -OCH3 is 1. The lowest BCUT2D eigenvalue weighted by Crippen LogP contribution is -2.37. The molecular formula is C6H13NO3. The number of carbonyl (C=O) groups excluding carboxylic acids is 1. The average Bonchev–Trinajstić information content (AvgIpc) is 1.90. The summed E-state index contributed by atoms with van der Waals surface area (Å²) in [6.45, 7) is -0.270. The Morgan fingerprint density at radius 1 is 1.70 bits per heavy atom. The highest BCUT2D eigenvalue weighted by Gasteiger charge is 2.17. The Kier molecular flexibility index (Phi) is 3.99. The largest absolute Gasteiger partial charge is 0.393 e. The van der Waals surface area contributed by atoms with Crippen LogP contribution >= 0.6 is 0 Å².